The summed E-state index contributed by atoms with van der Waals surface area (Å²) in [6.45, 7) is 0.543. The lowest BCUT2D eigenvalue weighted by atomic mass is 10.4. The predicted molar refractivity (Wildman–Crippen MR) is 56.4 cm³/mol. The maximum Gasteiger partial charge on any atom is 0.171 e. The summed E-state index contributed by atoms with van der Waals surface area (Å²) >= 11 is 5.82. The van der Waals surface area contributed by atoms with E-state index in [2.05, 4.69) is 25.3 Å². The van der Waals surface area contributed by atoms with Gasteiger partial charge in [0.2, 0.25) is 0 Å². The number of hydrogen-bond acceptors (Lipinski definition) is 5. The SMILES string of the molecule is Clc1nccnc1NCc1ccncn1. The van der Waals surface area contributed by atoms with E-state index in [9.17, 15) is 0 Å². The van der Waals surface area contributed by atoms with Gasteiger partial charge < -0.3 is 5.32 Å². The summed E-state index contributed by atoms with van der Waals surface area (Å²) < 4.78 is 0. The van der Waals surface area contributed by atoms with Crippen LogP contribution in [0.2, 0.25) is 5.15 Å². The average Bonchev–Trinajstić information content (AvgIpc) is 2.29. The number of halogens is 1. The molecule has 0 spiro atoms. The number of hydrogen-bond donors (Lipinski definition) is 1. The molecule has 0 atom stereocenters. The minimum absolute atomic E-state index is 0.353. The van der Waals surface area contributed by atoms with Crippen molar-refractivity contribution >= 4 is 17.4 Å². The molecule has 0 bridgehead atoms. The van der Waals surface area contributed by atoms with E-state index in [1.165, 1.54) is 12.5 Å². The first kappa shape index (κ1) is 9.79. The lowest BCUT2D eigenvalue weighted by Crippen LogP contribution is -2.04. The normalized spacial score (nSPS) is 9.93. The van der Waals surface area contributed by atoms with Gasteiger partial charge in [0.15, 0.2) is 11.0 Å². The third-order valence-corrected chi connectivity index (χ3v) is 2.01. The molecule has 76 valence electrons. The van der Waals surface area contributed by atoms with Crippen LogP contribution in [0.1, 0.15) is 5.69 Å². The Kier molecular flexibility index (Phi) is 3.04. The Morgan fingerprint density at radius 3 is 2.73 bits per heavy atom. The van der Waals surface area contributed by atoms with Gasteiger partial charge in [-0.25, -0.2) is 19.9 Å². The quantitative estimate of drug-likeness (QED) is 0.852. The minimum atomic E-state index is 0.353. The smallest absolute Gasteiger partial charge is 0.171 e. The number of anilines is 1. The van der Waals surface area contributed by atoms with Gasteiger partial charge in [-0.05, 0) is 6.07 Å². The Morgan fingerprint density at radius 2 is 2.00 bits per heavy atom. The van der Waals surface area contributed by atoms with Gasteiger partial charge in [-0.3, -0.25) is 0 Å². The van der Waals surface area contributed by atoms with Crippen molar-refractivity contribution in [1.82, 2.24) is 19.9 Å². The summed E-state index contributed by atoms with van der Waals surface area (Å²) in [7, 11) is 0. The molecule has 0 radical (unpaired) electrons. The second kappa shape index (κ2) is 4.65. The van der Waals surface area contributed by atoms with Gasteiger partial charge in [0.1, 0.15) is 6.33 Å². The Labute approximate surface area is 91.6 Å². The molecule has 1 N–H and O–H groups in total. The molecule has 0 saturated heterocycles. The van der Waals surface area contributed by atoms with E-state index in [0.29, 0.717) is 17.5 Å². The Hall–Kier alpha value is -1.75. The molecule has 6 heteroatoms. The number of nitrogens with zero attached hydrogens (tertiary/aromatic N) is 4. The largest absolute Gasteiger partial charge is 0.362 e. The molecular weight excluding hydrogens is 214 g/mol. The number of aromatic nitrogens is 4. The summed E-state index contributed by atoms with van der Waals surface area (Å²) in [6.07, 6.45) is 6.30. The molecule has 0 amide bonds. The molecule has 0 saturated carbocycles. The molecular formula is C9H8ClN5. The van der Waals surface area contributed by atoms with Gasteiger partial charge in [-0.1, -0.05) is 11.6 Å². The van der Waals surface area contributed by atoms with Crippen LogP contribution in [0.3, 0.4) is 0 Å². The van der Waals surface area contributed by atoms with Gasteiger partial charge in [0, 0.05) is 18.6 Å². The molecule has 15 heavy (non-hydrogen) atoms. The zero-order valence-corrected chi connectivity index (χ0v) is 8.52. The van der Waals surface area contributed by atoms with Gasteiger partial charge in [0.05, 0.1) is 12.2 Å². The van der Waals surface area contributed by atoms with E-state index in [1.54, 1.807) is 12.4 Å². The summed E-state index contributed by atoms with van der Waals surface area (Å²) in [5.41, 5.74) is 0.867. The van der Waals surface area contributed by atoms with Crippen LogP contribution >= 0.6 is 11.6 Å². The molecule has 0 aliphatic heterocycles. The van der Waals surface area contributed by atoms with Crippen LogP contribution in [-0.4, -0.2) is 19.9 Å². The molecule has 2 heterocycles. The Balaban J connectivity index is 2.03. The number of rotatable bonds is 3. The third kappa shape index (κ3) is 2.60. The van der Waals surface area contributed by atoms with Crippen LogP contribution in [0, 0.1) is 0 Å². The topological polar surface area (TPSA) is 63.6 Å². The first-order valence-corrected chi connectivity index (χ1v) is 4.69. The van der Waals surface area contributed by atoms with E-state index in [0.717, 1.165) is 5.69 Å². The van der Waals surface area contributed by atoms with Gasteiger partial charge in [-0.2, -0.15) is 0 Å². The van der Waals surface area contributed by atoms with Crippen molar-refractivity contribution in [3.05, 3.63) is 41.8 Å². The minimum Gasteiger partial charge on any atom is -0.362 e. The highest BCUT2D eigenvalue weighted by Gasteiger charge is 2.01. The molecule has 2 rings (SSSR count). The molecule has 2 aromatic heterocycles. The summed E-state index contributed by atoms with van der Waals surface area (Å²) in [5.74, 6) is 0.553. The summed E-state index contributed by atoms with van der Waals surface area (Å²) in [6, 6.07) is 1.82. The zero-order chi connectivity index (χ0) is 10.5. The van der Waals surface area contributed by atoms with E-state index in [4.69, 9.17) is 11.6 Å². The summed E-state index contributed by atoms with van der Waals surface area (Å²) in [5, 5.41) is 3.39. The van der Waals surface area contributed by atoms with Crippen molar-refractivity contribution in [2.75, 3.05) is 5.32 Å². The first-order valence-electron chi connectivity index (χ1n) is 4.31. The van der Waals surface area contributed by atoms with Crippen molar-refractivity contribution in [3.8, 4) is 0 Å². The van der Waals surface area contributed by atoms with Crippen molar-refractivity contribution in [3.63, 3.8) is 0 Å². The highest BCUT2D eigenvalue weighted by atomic mass is 35.5. The van der Waals surface area contributed by atoms with Crippen molar-refractivity contribution in [2.45, 2.75) is 6.54 Å². The molecule has 0 fully saturated rings. The Bertz CT molecular complexity index is 434. The fourth-order valence-electron chi connectivity index (χ4n) is 1.04. The van der Waals surface area contributed by atoms with Gasteiger partial charge >= 0.3 is 0 Å². The molecule has 5 nitrogen and oxygen atoms in total. The van der Waals surface area contributed by atoms with E-state index in [1.807, 2.05) is 6.07 Å². The van der Waals surface area contributed by atoms with Crippen LogP contribution < -0.4 is 5.32 Å². The standard InChI is InChI=1S/C9H8ClN5/c10-8-9(13-4-3-12-8)14-5-7-1-2-11-6-15-7/h1-4,6H,5H2,(H,13,14). The first-order chi connectivity index (χ1) is 7.36. The molecule has 0 aliphatic carbocycles. The highest BCUT2D eigenvalue weighted by molar-refractivity contribution is 6.31. The van der Waals surface area contributed by atoms with Crippen LogP contribution in [0.5, 0.6) is 0 Å². The van der Waals surface area contributed by atoms with Crippen LogP contribution in [-0.2, 0) is 6.54 Å². The fourth-order valence-corrected chi connectivity index (χ4v) is 1.21. The van der Waals surface area contributed by atoms with Crippen molar-refractivity contribution < 1.29 is 0 Å². The second-order valence-electron chi connectivity index (χ2n) is 2.75. The lowest BCUT2D eigenvalue weighted by molar-refractivity contribution is 0.991. The molecule has 0 aliphatic rings. The third-order valence-electron chi connectivity index (χ3n) is 1.73. The average molecular weight is 222 g/mol. The highest BCUT2D eigenvalue weighted by Crippen LogP contribution is 2.14. The zero-order valence-electron chi connectivity index (χ0n) is 7.76. The molecule has 0 unspecified atom stereocenters. The second-order valence-corrected chi connectivity index (χ2v) is 3.11. The van der Waals surface area contributed by atoms with Gasteiger partial charge in [0.25, 0.3) is 0 Å². The summed E-state index contributed by atoms with van der Waals surface area (Å²) in [4.78, 5) is 15.8. The van der Waals surface area contributed by atoms with E-state index in [-0.39, 0.29) is 0 Å². The van der Waals surface area contributed by atoms with Crippen molar-refractivity contribution in [1.29, 1.82) is 0 Å². The van der Waals surface area contributed by atoms with Crippen LogP contribution in [0.15, 0.2) is 31.0 Å². The van der Waals surface area contributed by atoms with Gasteiger partial charge in [-0.15, -0.1) is 0 Å². The predicted octanol–water partition coefficient (Wildman–Crippen LogP) is 1.53. The van der Waals surface area contributed by atoms with Crippen molar-refractivity contribution in [2.24, 2.45) is 0 Å². The monoisotopic (exact) mass is 221 g/mol. The lowest BCUT2D eigenvalue weighted by Gasteiger charge is -2.04. The maximum atomic E-state index is 5.82. The van der Waals surface area contributed by atoms with Crippen LogP contribution in [0.4, 0.5) is 5.82 Å². The van der Waals surface area contributed by atoms with E-state index >= 15 is 0 Å². The molecule has 0 aromatic carbocycles. The van der Waals surface area contributed by atoms with Crippen LogP contribution in [0.25, 0.3) is 0 Å². The fraction of sp³-hybridized carbons (Fsp3) is 0.111. The maximum absolute atomic E-state index is 5.82. The number of nitrogens with one attached hydrogen (secondary N) is 1. The molecule has 2 aromatic rings. The van der Waals surface area contributed by atoms with E-state index < -0.39 is 0 Å². The Morgan fingerprint density at radius 1 is 1.13 bits per heavy atom.